The third-order valence-electron chi connectivity index (χ3n) is 18.4. The highest BCUT2D eigenvalue weighted by Gasteiger charge is 2.53. The first-order valence-electron chi connectivity index (χ1n) is 38.0. The molecule has 0 aliphatic carbocycles. The monoisotopic (exact) mass is 1370 g/mol. The predicted molar refractivity (Wildman–Crippen MR) is 383 cm³/mol. The Hall–Kier alpha value is -3.29. The Morgan fingerprint density at radius 2 is 0.711 bits per heavy atom. The van der Waals surface area contributed by atoms with E-state index < -0.39 is 124 Å². The Kier molecular flexibility index (Phi) is 52.8. The summed E-state index contributed by atoms with van der Waals surface area (Å²) >= 11 is 0. The van der Waals surface area contributed by atoms with Gasteiger partial charge in [-0.1, -0.05) is 272 Å². The average molecular weight is 1370 g/mol. The van der Waals surface area contributed by atoms with Gasteiger partial charge in [-0.3, -0.25) is 4.79 Å². The first kappa shape index (κ1) is 87.9. The van der Waals surface area contributed by atoms with E-state index in [1.807, 2.05) is 6.08 Å². The number of nitrogens with one attached hydrogen (secondary N) is 1. The Morgan fingerprint density at radius 1 is 0.381 bits per heavy atom. The molecule has 12 N–H and O–H groups in total. The summed E-state index contributed by atoms with van der Waals surface area (Å²) in [6.07, 6.45) is 50.9. The molecule has 1 amide bonds. The maximum atomic E-state index is 13.4. The third-order valence-corrected chi connectivity index (χ3v) is 18.4. The first-order chi connectivity index (χ1) is 47.3. The Bertz CT molecular complexity index is 2130. The van der Waals surface area contributed by atoms with Crippen molar-refractivity contribution < 1.29 is 89.4 Å². The third kappa shape index (κ3) is 39.1. The second kappa shape index (κ2) is 58.2. The highest BCUT2D eigenvalue weighted by atomic mass is 16.8. The summed E-state index contributed by atoms with van der Waals surface area (Å²) in [6, 6.07) is -0.992. The van der Waals surface area contributed by atoms with Gasteiger partial charge in [0.15, 0.2) is 18.9 Å². The number of allylic oxidation sites excluding steroid dienone is 15. The van der Waals surface area contributed by atoms with Crippen LogP contribution in [0.3, 0.4) is 0 Å². The lowest BCUT2D eigenvalue weighted by molar-refractivity contribution is -0.379. The number of aliphatic hydroxyl groups is 11. The number of ether oxygens (including phenoxy) is 6. The average Bonchev–Trinajstić information content (AvgIpc) is 0.790. The molecule has 0 aromatic rings. The van der Waals surface area contributed by atoms with Gasteiger partial charge in [0.1, 0.15) is 73.2 Å². The minimum atomic E-state index is -1.99. The van der Waals surface area contributed by atoms with Crippen molar-refractivity contribution in [3.8, 4) is 0 Å². The molecule has 17 atom stereocenters. The molecule has 3 heterocycles. The highest BCUT2D eigenvalue weighted by molar-refractivity contribution is 5.76. The SMILES string of the molecule is CC/C=C\C/C=C\C/C=C\C/C=C\C/C=C\C/C=C\C/C=C\CCCCCCCC(=O)NC(COC1OC(CO)C(OC2OC(CO)C(OC3OC(CO)C(O)C(O)C3O)C(O)C2O)C(O)C1O)C(O)/C=C/CCCCCCCCCCCCCCCCCCCCCCCCC. The van der Waals surface area contributed by atoms with Crippen LogP contribution in [0.5, 0.6) is 0 Å². The largest absolute Gasteiger partial charge is 0.394 e. The van der Waals surface area contributed by atoms with E-state index in [1.54, 1.807) is 6.08 Å². The van der Waals surface area contributed by atoms with E-state index >= 15 is 0 Å². The van der Waals surface area contributed by atoms with Crippen LogP contribution in [0, 0.1) is 0 Å². The molecule has 97 heavy (non-hydrogen) atoms. The molecule has 0 aromatic heterocycles. The Balaban J connectivity index is 1.43. The van der Waals surface area contributed by atoms with E-state index in [4.69, 9.17) is 28.4 Å². The summed E-state index contributed by atoms with van der Waals surface area (Å²) < 4.78 is 34.4. The molecule has 3 aliphatic rings. The number of aliphatic hydroxyl groups excluding tert-OH is 11. The molecular formula is C78H135NO18. The number of unbranched alkanes of at least 4 members (excludes halogenated alkanes) is 28. The number of hydrogen-bond donors (Lipinski definition) is 12. The summed E-state index contributed by atoms with van der Waals surface area (Å²) in [4.78, 5) is 13.4. The minimum absolute atomic E-state index is 0.215. The smallest absolute Gasteiger partial charge is 0.220 e. The summed E-state index contributed by atoms with van der Waals surface area (Å²) in [7, 11) is 0. The predicted octanol–water partition coefficient (Wildman–Crippen LogP) is 11.6. The lowest BCUT2D eigenvalue weighted by atomic mass is 9.96. The number of carbonyl (C=O) groups is 1. The van der Waals surface area contributed by atoms with Crippen molar-refractivity contribution in [1.82, 2.24) is 5.32 Å². The van der Waals surface area contributed by atoms with Gasteiger partial charge in [0, 0.05) is 6.42 Å². The zero-order chi connectivity index (χ0) is 70.4. The molecule has 3 rings (SSSR count). The molecule has 0 spiro atoms. The molecule has 19 heteroatoms. The summed E-state index contributed by atoms with van der Waals surface area (Å²) in [6.45, 7) is 1.62. The number of carbonyl (C=O) groups excluding carboxylic acids is 1. The van der Waals surface area contributed by atoms with Gasteiger partial charge in [-0.05, 0) is 77.0 Å². The van der Waals surface area contributed by atoms with E-state index in [0.717, 1.165) is 103 Å². The lowest BCUT2D eigenvalue weighted by Crippen LogP contribution is -2.66. The van der Waals surface area contributed by atoms with Crippen molar-refractivity contribution in [2.45, 2.75) is 362 Å². The van der Waals surface area contributed by atoms with Gasteiger partial charge in [0.25, 0.3) is 0 Å². The number of rotatable bonds is 58. The second-order valence-corrected chi connectivity index (χ2v) is 26.7. The van der Waals surface area contributed by atoms with Crippen LogP contribution in [0.15, 0.2) is 97.2 Å². The van der Waals surface area contributed by atoms with Crippen molar-refractivity contribution in [2.75, 3.05) is 26.4 Å². The van der Waals surface area contributed by atoms with Crippen LogP contribution in [0.2, 0.25) is 0 Å². The molecular weight excluding hydrogens is 1240 g/mol. The van der Waals surface area contributed by atoms with E-state index in [2.05, 4.69) is 104 Å². The molecule has 19 nitrogen and oxygen atoms in total. The van der Waals surface area contributed by atoms with E-state index in [0.29, 0.717) is 6.42 Å². The molecule has 0 radical (unpaired) electrons. The van der Waals surface area contributed by atoms with Gasteiger partial charge in [0.2, 0.25) is 5.91 Å². The normalized spacial score (nSPS) is 27.5. The van der Waals surface area contributed by atoms with Crippen LogP contribution in [-0.2, 0) is 33.2 Å². The fraction of sp³-hybridized carbons (Fsp3) is 0.782. The van der Waals surface area contributed by atoms with Crippen LogP contribution in [0.25, 0.3) is 0 Å². The van der Waals surface area contributed by atoms with Gasteiger partial charge in [-0.2, -0.15) is 0 Å². The van der Waals surface area contributed by atoms with Crippen LogP contribution >= 0.6 is 0 Å². The molecule has 0 bridgehead atoms. The molecule has 17 unspecified atom stereocenters. The van der Waals surface area contributed by atoms with Gasteiger partial charge < -0.3 is 89.9 Å². The van der Waals surface area contributed by atoms with Gasteiger partial charge >= 0.3 is 0 Å². The van der Waals surface area contributed by atoms with Gasteiger partial charge in [-0.15, -0.1) is 0 Å². The minimum Gasteiger partial charge on any atom is -0.394 e. The summed E-state index contributed by atoms with van der Waals surface area (Å²) in [5, 5.41) is 121. The fourth-order valence-corrected chi connectivity index (χ4v) is 12.3. The number of amides is 1. The molecule has 0 saturated carbocycles. The van der Waals surface area contributed by atoms with Crippen LogP contribution < -0.4 is 5.32 Å². The summed E-state index contributed by atoms with van der Waals surface area (Å²) in [5.41, 5.74) is 0. The molecule has 3 saturated heterocycles. The maximum Gasteiger partial charge on any atom is 0.220 e. The standard InChI is InChI=1S/C78H135NO18/c1-3-5-7-9-11-13-15-17-19-21-23-25-27-29-30-32-34-36-38-40-42-44-46-48-50-52-54-56-66(84)79-61(62(83)55-53-51-49-47-45-43-41-39-37-35-33-31-28-26-24-22-20-18-16-14-12-10-8-6-4-2)60-92-76-72(90)69(87)74(64(58-81)94-76)97-78-73(91)70(88)75(65(59-82)95-78)96-77-71(89)68(86)67(85)63(57-80)93-77/h5,7,11,13,17,19,23,25,29-30,34,36,40,42,53,55,61-65,67-78,80-83,85-91H,3-4,6,8-10,12,14-16,18,20-22,24,26-28,31-33,35,37-39,41,43-52,54,56-60H2,1-2H3,(H,79,84)/b7-5-,13-11-,19-17-,25-23-,30-29-,36-34-,42-40-,55-53+. The van der Waals surface area contributed by atoms with Crippen LogP contribution in [-0.4, -0.2) is 193 Å². The van der Waals surface area contributed by atoms with Crippen molar-refractivity contribution in [1.29, 1.82) is 0 Å². The van der Waals surface area contributed by atoms with Crippen LogP contribution in [0.4, 0.5) is 0 Å². The molecule has 0 aromatic carbocycles. The van der Waals surface area contributed by atoms with Crippen molar-refractivity contribution in [3.05, 3.63) is 97.2 Å². The zero-order valence-corrected chi connectivity index (χ0v) is 59.5. The Labute approximate surface area is 583 Å². The second-order valence-electron chi connectivity index (χ2n) is 26.7. The Morgan fingerprint density at radius 3 is 1.11 bits per heavy atom. The van der Waals surface area contributed by atoms with Crippen molar-refractivity contribution in [3.63, 3.8) is 0 Å². The molecule has 560 valence electrons. The van der Waals surface area contributed by atoms with Crippen molar-refractivity contribution in [2.24, 2.45) is 0 Å². The van der Waals surface area contributed by atoms with Gasteiger partial charge in [0.05, 0.1) is 38.6 Å². The lowest BCUT2D eigenvalue weighted by Gasteiger charge is -2.48. The quantitative estimate of drug-likeness (QED) is 0.0199. The molecule has 3 fully saturated rings. The van der Waals surface area contributed by atoms with Crippen LogP contribution in [0.1, 0.15) is 258 Å². The van der Waals surface area contributed by atoms with E-state index in [1.165, 1.54) is 128 Å². The number of hydrogen-bond acceptors (Lipinski definition) is 18. The van der Waals surface area contributed by atoms with Crippen molar-refractivity contribution >= 4 is 5.91 Å². The molecule has 3 aliphatic heterocycles. The zero-order valence-electron chi connectivity index (χ0n) is 59.5. The first-order valence-corrected chi connectivity index (χ1v) is 38.0. The van der Waals surface area contributed by atoms with E-state index in [9.17, 15) is 61.0 Å². The maximum absolute atomic E-state index is 13.4. The fourth-order valence-electron chi connectivity index (χ4n) is 12.3. The van der Waals surface area contributed by atoms with E-state index in [-0.39, 0.29) is 18.9 Å². The highest BCUT2D eigenvalue weighted by Crippen LogP contribution is 2.33. The summed E-state index contributed by atoms with van der Waals surface area (Å²) in [5.74, 6) is -0.296. The van der Waals surface area contributed by atoms with Gasteiger partial charge in [-0.25, -0.2) is 0 Å². The topological polar surface area (TPSA) is 307 Å².